The number of hydrogen-bond donors (Lipinski definition) is 1. The third-order valence-electron chi connectivity index (χ3n) is 5.91. The molecular weight excluding hydrogens is 370 g/mol. The predicted molar refractivity (Wildman–Crippen MR) is 108 cm³/mol. The number of nitrogens with zero attached hydrogens (tertiary/aromatic N) is 4. The molecule has 3 heterocycles. The van der Waals surface area contributed by atoms with Crippen LogP contribution in [0.1, 0.15) is 60.1 Å². The van der Waals surface area contributed by atoms with Crippen molar-refractivity contribution >= 4 is 23.2 Å². The van der Waals surface area contributed by atoms with E-state index in [4.69, 9.17) is 0 Å². The van der Waals surface area contributed by atoms with Gasteiger partial charge in [-0.3, -0.25) is 18.8 Å². The van der Waals surface area contributed by atoms with Crippen LogP contribution in [0.15, 0.2) is 24.4 Å². The first-order valence-corrected chi connectivity index (χ1v) is 10.4. The molecule has 8 heteroatoms. The van der Waals surface area contributed by atoms with E-state index in [1.165, 1.54) is 13.3 Å². The molecule has 2 aromatic heterocycles. The maximum Gasteiger partial charge on any atom is 0.287 e. The first kappa shape index (κ1) is 19.4. The SMILES string of the molecule is CC(=O)N1CCN(C(=O)c2nc(C(=O)NC3CCCCC3)n3ccccc23)CC1. The van der Waals surface area contributed by atoms with Gasteiger partial charge in [-0.25, -0.2) is 4.98 Å². The summed E-state index contributed by atoms with van der Waals surface area (Å²) in [7, 11) is 0. The highest BCUT2D eigenvalue weighted by Gasteiger charge is 2.29. The van der Waals surface area contributed by atoms with Gasteiger partial charge in [-0.2, -0.15) is 0 Å². The molecule has 2 aliphatic rings. The van der Waals surface area contributed by atoms with Gasteiger partial charge in [-0.05, 0) is 25.0 Å². The lowest BCUT2D eigenvalue weighted by Crippen LogP contribution is -2.50. The number of fused-ring (bicyclic) bond motifs is 1. The molecule has 2 fully saturated rings. The van der Waals surface area contributed by atoms with Gasteiger partial charge in [0.25, 0.3) is 11.8 Å². The Morgan fingerprint density at radius 3 is 2.38 bits per heavy atom. The molecule has 0 atom stereocenters. The van der Waals surface area contributed by atoms with Crippen molar-refractivity contribution in [1.29, 1.82) is 0 Å². The fourth-order valence-corrected chi connectivity index (χ4v) is 4.23. The van der Waals surface area contributed by atoms with Gasteiger partial charge in [-0.1, -0.05) is 25.3 Å². The first-order valence-electron chi connectivity index (χ1n) is 10.4. The Balaban J connectivity index is 1.56. The Kier molecular flexibility index (Phi) is 5.51. The van der Waals surface area contributed by atoms with Gasteiger partial charge >= 0.3 is 0 Å². The van der Waals surface area contributed by atoms with E-state index in [0.29, 0.717) is 31.7 Å². The lowest BCUT2D eigenvalue weighted by molar-refractivity contribution is -0.130. The highest BCUT2D eigenvalue weighted by molar-refractivity contribution is 6.02. The van der Waals surface area contributed by atoms with Crippen LogP contribution in [-0.4, -0.2) is 69.1 Å². The minimum Gasteiger partial charge on any atom is -0.347 e. The molecule has 1 saturated heterocycles. The molecule has 0 spiro atoms. The van der Waals surface area contributed by atoms with Crippen molar-refractivity contribution in [3.05, 3.63) is 35.9 Å². The van der Waals surface area contributed by atoms with Crippen LogP contribution in [0, 0.1) is 0 Å². The number of carbonyl (C=O) groups is 3. The summed E-state index contributed by atoms with van der Waals surface area (Å²) in [6.07, 6.45) is 7.21. The molecule has 3 amide bonds. The lowest BCUT2D eigenvalue weighted by atomic mass is 9.95. The van der Waals surface area contributed by atoms with Gasteiger partial charge in [-0.15, -0.1) is 0 Å². The van der Waals surface area contributed by atoms with Crippen LogP contribution in [0.3, 0.4) is 0 Å². The zero-order chi connectivity index (χ0) is 20.4. The van der Waals surface area contributed by atoms with Crippen molar-refractivity contribution in [2.24, 2.45) is 0 Å². The van der Waals surface area contributed by atoms with E-state index in [2.05, 4.69) is 10.3 Å². The minimum absolute atomic E-state index is 0.0196. The van der Waals surface area contributed by atoms with Crippen molar-refractivity contribution in [2.75, 3.05) is 26.2 Å². The number of piperazine rings is 1. The van der Waals surface area contributed by atoms with Crippen molar-refractivity contribution in [3.8, 4) is 0 Å². The summed E-state index contributed by atoms with van der Waals surface area (Å²) < 4.78 is 1.69. The molecule has 4 rings (SSSR count). The zero-order valence-electron chi connectivity index (χ0n) is 16.8. The summed E-state index contributed by atoms with van der Waals surface area (Å²) in [5, 5.41) is 3.09. The Bertz CT molecular complexity index is 924. The monoisotopic (exact) mass is 397 g/mol. The number of pyridine rings is 1. The normalized spacial score (nSPS) is 18.1. The van der Waals surface area contributed by atoms with E-state index in [1.54, 1.807) is 20.4 Å². The van der Waals surface area contributed by atoms with Crippen LogP contribution in [0.2, 0.25) is 0 Å². The molecule has 1 saturated carbocycles. The van der Waals surface area contributed by atoms with Crippen LogP contribution in [0.25, 0.3) is 5.52 Å². The third kappa shape index (κ3) is 3.97. The Labute approximate surface area is 169 Å². The average molecular weight is 397 g/mol. The fourth-order valence-electron chi connectivity index (χ4n) is 4.23. The molecule has 154 valence electrons. The van der Waals surface area contributed by atoms with E-state index in [9.17, 15) is 14.4 Å². The topological polar surface area (TPSA) is 87.0 Å². The summed E-state index contributed by atoms with van der Waals surface area (Å²) in [5.41, 5.74) is 0.913. The zero-order valence-corrected chi connectivity index (χ0v) is 16.8. The number of amides is 3. The van der Waals surface area contributed by atoms with Gasteiger partial charge in [0.2, 0.25) is 11.7 Å². The summed E-state index contributed by atoms with van der Waals surface area (Å²) in [5.74, 6) is -0.171. The van der Waals surface area contributed by atoms with E-state index in [1.807, 2.05) is 18.2 Å². The molecule has 29 heavy (non-hydrogen) atoms. The van der Waals surface area contributed by atoms with Crippen molar-refractivity contribution in [2.45, 2.75) is 45.1 Å². The van der Waals surface area contributed by atoms with Crippen molar-refractivity contribution < 1.29 is 14.4 Å². The Morgan fingerprint density at radius 2 is 1.69 bits per heavy atom. The molecule has 1 N–H and O–H groups in total. The molecule has 1 aliphatic carbocycles. The summed E-state index contributed by atoms with van der Waals surface area (Å²) in [4.78, 5) is 45.5. The highest BCUT2D eigenvalue weighted by Crippen LogP contribution is 2.20. The molecule has 0 aromatic carbocycles. The molecular formula is C21H27N5O3. The molecule has 2 aromatic rings. The minimum atomic E-state index is -0.237. The second-order valence-electron chi connectivity index (χ2n) is 7.85. The summed E-state index contributed by atoms with van der Waals surface area (Å²) in [6, 6.07) is 5.64. The maximum atomic E-state index is 13.1. The molecule has 0 radical (unpaired) electrons. The van der Waals surface area contributed by atoms with Gasteiger partial charge < -0.3 is 15.1 Å². The highest BCUT2D eigenvalue weighted by atomic mass is 16.2. The number of carbonyl (C=O) groups excluding carboxylic acids is 3. The number of imidazole rings is 1. The van der Waals surface area contributed by atoms with Gasteiger partial charge in [0.15, 0.2) is 5.69 Å². The number of rotatable bonds is 3. The van der Waals surface area contributed by atoms with Crippen LogP contribution in [0.5, 0.6) is 0 Å². The number of nitrogens with one attached hydrogen (secondary N) is 1. The first-order chi connectivity index (χ1) is 14.0. The summed E-state index contributed by atoms with van der Waals surface area (Å²) in [6.45, 7) is 3.50. The van der Waals surface area contributed by atoms with E-state index in [-0.39, 0.29) is 35.3 Å². The van der Waals surface area contributed by atoms with Crippen LogP contribution in [-0.2, 0) is 4.79 Å². The number of hydrogen-bond acceptors (Lipinski definition) is 4. The van der Waals surface area contributed by atoms with Gasteiger partial charge in [0.05, 0.1) is 5.52 Å². The quantitative estimate of drug-likeness (QED) is 0.854. The molecule has 1 aliphatic heterocycles. The number of aromatic nitrogens is 2. The second-order valence-corrected chi connectivity index (χ2v) is 7.85. The largest absolute Gasteiger partial charge is 0.347 e. The molecule has 0 unspecified atom stereocenters. The van der Waals surface area contributed by atoms with E-state index in [0.717, 1.165) is 25.7 Å². The smallest absolute Gasteiger partial charge is 0.287 e. The molecule has 8 nitrogen and oxygen atoms in total. The van der Waals surface area contributed by atoms with Crippen molar-refractivity contribution in [3.63, 3.8) is 0 Å². The van der Waals surface area contributed by atoms with Gasteiger partial charge in [0, 0.05) is 45.3 Å². The predicted octanol–water partition coefficient (Wildman–Crippen LogP) is 1.70. The summed E-state index contributed by atoms with van der Waals surface area (Å²) >= 11 is 0. The second kappa shape index (κ2) is 8.23. The fraction of sp³-hybridized carbons (Fsp3) is 0.524. The Hall–Kier alpha value is -2.90. The lowest BCUT2D eigenvalue weighted by Gasteiger charge is -2.33. The van der Waals surface area contributed by atoms with Crippen molar-refractivity contribution in [1.82, 2.24) is 24.5 Å². The Morgan fingerprint density at radius 1 is 1.00 bits per heavy atom. The third-order valence-corrected chi connectivity index (χ3v) is 5.91. The maximum absolute atomic E-state index is 13.1. The van der Waals surface area contributed by atoms with E-state index >= 15 is 0 Å². The van der Waals surface area contributed by atoms with E-state index < -0.39 is 0 Å². The molecule has 0 bridgehead atoms. The standard InChI is InChI=1S/C21H27N5O3/c1-15(27)24-11-13-25(14-12-24)21(29)18-17-9-5-6-10-26(17)19(23-18)20(28)22-16-7-3-2-4-8-16/h5-6,9-10,16H,2-4,7-8,11-14H2,1H3,(H,22,28). The van der Waals surface area contributed by atoms with Crippen LogP contribution in [0.4, 0.5) is 0 Å². The van der Waals surface area contributed by atoms with Gasteiger partial charge in [0.1, 0.15) is 0 Å². The van der Waals surface area contributed by atoms with Crippen LogP contribution >= 0.6 is 0 Å². The average Bonchev–Trinajstić information content (AvgIpc) is 3.14. The van der Waals surface area contributed by atoms with Crippen LogP contribution < -0.4 is 5.32 Å².